The Morgan fingerprint density at radius 3 is 2.44 bits per heavy atom. The summed E-state index contributed by atoms with van der Waals surface area (Å²) >= 11 is 16.2. The minimum atomic E-state index is 0.672. The van der Waals surface area contributed by atoms with Crippen molar-refractivity contribution in [2.45, 2.75) is 5.33 Å². The largest absolute Gasteiger partial charge is 0.130 e. The van der Waals surface area contributed by atoms with Gasteiger partial charge in [-0.15, -0.1) is 11.3 Å². The van der Waals surface area contributed by atoms with Crippen LogP contribution in [0.15, 0.2) is 5.38 Å². The molecule has 1 aromatic heterocycles. The summed E-state index contributed by atoms with van der Waals surface area (Å²) in [6, 6.07) is 0. The lowest BCUT2D eigenvalue weighted by atomic mass is 10.4. The fourth-order valence-electron chi connectivity index (χ4n) is 0.443. The van der Waals surface area contributed by atoms with Crippen molar-refractivity contribution in [2.75, 3.05) is 0 Å². The van der Waals surface area contributed by atoms with Crippen LogP contribution in [0.4, 0.5) is 0 Å². The summed E-state index contributed by atoms with van der Waals surface area (Å²) in [7, 11) is 0. The van der Waals surface area contributed by atoms with Crippen molar-refractivity contribution >= 4 is 50.5 Å². The third kappa shape index (κ3) is 1.61. The molecule has 0 nitrogen and oxygen atoms in total. The highest BCUT2D eigenvalue weighted by molar-refractivity contribution is 9.08. The first-order valence-corrected chi connectivity index (χ1v) is 4.98. The zero-order valence-electron chi connectivity index (χ0n) is 4.33. The van der Waals surface area contributed by atoms with Crippen LogP contribution in [-0.2, 0) is 5.33 Å². The number of alkyl halides is 1. The molecule has 0 aliphatic carbocycles. The van der Waals surface area contributed by atoms with E-state index in [1.54, 1.807) is 0 Å². The van der Waals surface area contributed by atoms with Gasteiger partial charge in [0.15, 0.2) is 0 Å². The molecule has 1 heterocycles. The fourth-order valence-corrected chi connectivity index (χ4v) is 2.52. The zero-order chi connectivity index (χ0) is 6.85. The van der Waals surface area contributed by atoms with Gasteiger partial charge in [0.1, 0.15) is 4.34 Å². The average Bonchev–Trinajstić information content (AvgIpc) is 2.15. The molecule has 4 heteroatoms. The topological polar surface area (TPSA) is 0 Å². The maximum absolute atomic E-state index is 5.76. The normalized spacial score (nSPS) is 10.1. The van der Waals surface area contributed by atoms with Gasteiger partial charge in [-0.1, -0.05) is 39.1 Å². The second kappa shape index (κ2) is 3.24. The lowest BCUT2D eigenvalue weighted by Crippen LogP contribution is -1.67. The lowest BCUT2D eigenvalue weighted by Gasteiger charge is -1.86. The molecule has 1 rings (SSSR count). The Bertz CT molecular complexity index is 209. The summed E-state index contributed by atoms with van der Waals surface area (Å²) in [5, 5.41) is 3.40. The third-order valence-electron chi connectivity index (χ3n) is 0.903. The van der Waals surface area contributed by atoms with E-state index >= 15 is 0 Å². The first kappa shape index (κ1) is 7.86. The zero-order valence-corrected chi connectivity index (χ0v) is 8.24. The molecule has 50 valence electrons. The van der Waals surface area contributed by atoms with E-state index in [9.17, 15) is 0 Å². The molecule has 0 N–H and O–H groups in total. The smallest absolute Gasteiger partial charge is 0.112 e. The summed E-state index contributed by atoms with van der Waals surface area (Å²) in [4.78, 5) is 0. The summed E-state index contributed by atoms with van der Waals surface area (Å²) in [5.41, 5.74) is 1.06. The molecule has 1 aromatic rings. The van der Waals surface area contributed by atoms with Crippen molar-refractivity contribution in [3.05, 3.63) is 20.3 Å². The minimum absolute atomic E-state index is 0.672. The molecular formula is C5H3BrCl2S. The molecule has 0 fully saturated rings. The molecule has 0 amide bonds. The summed E-state index contributed by atoms with van der Waals surface area (Å²) in [6.45, 7) is 0. The van der Waals surface area contributed by atoms with Crippen LogP contribution in [-0.4, -0.2) is 0 Å². The number of thiophene rings is 1. The second-order valence-electron chi connectivity index (χ2n) is 1.48. The summed E-state index contributed by atoms with van der Waals surface area (Å²) in [5.74, 6) is 0. The van der Waals surface area contributed by atoms with E-state index in [-0.39, 0.29) is 0 Å². The van der Waals surface area contributed by atoms with Crippen LogP contribution in [0.1, 0.15) is 5.56 Å². The van der Waals surface area contributed by atoms with Crippen molar-refractivity contribution in [1.29, 1.82) is 0 Å². The van der Waals surface area contributed by atoms with Gasteiger partial charge in [-0.25, -0.2) is 0 Å². The third-order valence-corrected chi connectivity index (χ3v) is 3.42. The average molecular weight is 246 g/mol. The molecule has 0 radical (unpaired) electrons. The SMILES string of the molecule is Clc1scc(CBr)c1Cl. The van der Waals surface area contributed by atoms with Crippen LogP contribution in [0.3, 0.4) is 0 Å². The van der Waals surface area contributed by atoms with Gasteiger partial charge >= 0.3 is 0 Å². The predicted molar refractivity (Wildman–Crippen MR) is 47.0 cm³/mol. The Kier molecular flexibility index (Phi) is 2.83. The van der Waals surface area contributed by atoms with Crippen molar-refractivity contribution in [2.24, 2.45) is 0 Å². The maximum atomic E-state index is 5.76. The Morgan fingerprint density at radius 2 is 2.22 bits per heavy atom. The molecule has 0 aromatic carbocycles. The van der Waals surface area contributed by atoms with E-state index in [1.165, 1.54) is 11.3 Å². The number of hydrogen-bond donors (Lipinski definition) is 0. The summed E-state index contributed by atoms with van der Waals surface area (Å²) in [6.07, 6.45) is 0. The van der Waals surface area contributed by atoms with Gasteiger partial charge in [0, 0.05) is 5.33 Å². The van der Waals surface area contributed by atoms with Crippen molar-refractivity contribution in [3.8, 4) is 0 Å². The number of rotatable bonds is 1. The molecular weight excluding hydrogens is 243 g/mol. The molecule has 0 bridgehead atoms. The first-order valence-electron chi connectivity index (χ1n) is 2.23. The van der Waals surface area contributed by atoms with Crippen LogP contribution in [0.5, 0.6) is 0 Å². The van der Waals surface area contributed by atoms with Gasteiger partial charge in [0.2, 0.25) is 0 Å². The van der Waals surface area contributed by atoms with Gasteiger partial charge in [-0.05, 0) is 10.9 Å². The van der Waals surface area contributed by atoms with Crippen molar-refractivity contribution in [1.82, 2.24) is 0 Å². The molecule has 0 spiro atoms. The van der Waals surface area contributed by atoms with Crippen LogP contribution < -0.4 is 0 Å². The highest BCUT2D eigenvalue weighted by Crippen LogP contribution is 2.33. The van der Waals surface area contributed by atoms with E-state index in [2.05, 4.69) is 15.9 Å². The highest BCUT2D eigenvalue weighted by atomic mass is 79.9. The van der Waals surface area contributed by atoms with Gasteiger partial charge < -0.3 is 0 Å². The van der Waals surface area contributed by atoms with Gasteiger partial charge in [-0.2, -0.15) is 0 Å². The van der Waals surface area contributed by atoms with E-state index in [4.69, 9.17) is 23.2 Å². The molecule has 9 heavy (non-hydrogen) atoms. The Balaban J connectivity index is 3.04. The van der Waals surface area contributed by atoms with E-state index in [1.807, 2.05) is 5.38 Å². The Hall–Kier alpha value is 0.760. The lowest BCUT2D eigenvalue weighted by molar-refractivity contribution is 1.51. The van der Waals surface area contributed by atoms with Crippen molar-refractivity contribution in [3.63, 3.8) is 0 Å². The molecule has 0 aliphatic heterocycles. The Labute approximate surface area is 75.9 Å². The van der Waals surface area contributed by atoms with Crippen LogP contribution in [0.2, 0.25) is 9.36 Å². The summed E-state index contributed by atoms with van der Waals surface area (Å²) < 4.78 is 0.672. The molecule has 0 aliphatic rings. The Morgan fingerprint density at radius 1 is 1.56 bits per heavy atom. The van der Waals surface area contributed by atoms with Crippen LogP contribution in [0.25, 0.3) is 0 Å². The van der Waals surface area contributed by atoms with Gasteiger partial charge in [0.05, 0.1) is 5.02 Å². The number of hydrogen-bond acceptors (Lipinski definition) is 1. The predicted octanol–water partition coefficient (Wildman–Crippen LogP) is 3.95. The van der Waals surface area contributed by atoms with Crippen LogP contribution in [0, 0.1) is 0 Å². The highest BCUT2D eigenvalue weighted by Gasteiger charge is 2.04. The van der Waals surface area contributed by atoms with Gasteiger partial charge in [0.25, 0.3) is 0 Å². The second-order valence-corrected chi connectivity index (χ2v) is 3.90. The fraction of sp³-hybridized carbons (Fsp3) is 0.200. The quantitative estimate of drug-likeness (QED) is 0.658. The molecule has 0 unspecified atom stereocenters. The molecule has 0 saturated heterocycles. The maximum Gasteiger partial charge on any atom is 0.112 e. The van der Waals surface area contributed by atoms with Gasteiger partial charge in [-0.3, -0.25) is 0 Å². The minimum Gasteiger partial charge on any atom is -0.130 e. The molecule has 0 atom stereocenters. The van der Waals surface area contributed by atoms with E-state index in [0.717, 1.165) is 10.9 Å². The van der Waals surface area contributed by atoms with E-state index < -0.39 is 0 Å². The molecule has 0 saturated carbocycles. The van der Waals surface area contributed by atoms with Crippen molar-refractivity contribution < 1.29 is 0 Å². The first-order chi connectivity index (χ1) is 4.25. The van der Waals surface area contributed by atoms with Crippen LogP contribution >= 0.6 is 50.5 Å². The monoisotopic (exact) mass is 244 g/mol. The standard InChI is InChI=1S/C5H3BrCl2S/c6-1-3-2-9-5(8)4(3)7/h2H,1H2. The van der Waals surface area contributed by atoms with E-state index in [0.29, 0.717) is 9.36 Å². The number of halogens is 3.